The Labute approximate surface area is 189 Å². The smallest absolute Gasteiger partial charge is 0.273 e. The van der Waals surface area contributed by atoms with Gasteiger partial charge in [0, 0.05) is 35.5 Å². The Bertz CT molecular complexity index is 1060. The lowest BCUT2D eigenvalue weighted by molar-refractivity contribution is 0.0850. The van der Waals surface area contributed by atoms with Crippen LogP contribution in [0.4, 0.5) is 5.69 Å². The molecular formula is C23H22ClN3O5. The molecule has 0 unspecified atom stereocenters. The molecule has 1 aliphatic rings. The van der Waals surface area contributed by atoms with Crippen LogP contribution in [-0.2, 0) is 11.3 Å². The molecule has 0 saturated carbocycles. The minimum atomic E-state index is -0.309. The molecule has 9 heteroatoms. The number of carbonyl (C=O) groups is 2. The van der Waals surface area contributed by atoms with Crippen molar-refractivity contribution in [1.29, 1.82) is 0 Å². The van der Waals surface area contributed by atoms with Crippen LogP contribution in [0.15, 0.2) is 59.1 Å². The summed E-state index contributed by atoms with van der Waals surface area (Å²) < 4.78 is 16.3. The standard InChI is InChI=1S/C23H22ClN3O5/c24-16-5-3-15(4-6-16)22(28)26-17-7-9-18(10-8-17)31-14-20-12-21(27-32-20)23(29)25-13-19-2-1-11-30-19/h3-10,12,19H,1-2,11,13-14H2,(H,25,29)(H,26,28)/t19-/m0/s1. The second-order valence-corrected chi connectivity index (χ2v) is 7.73. The summed E-state index contributed by atoms with van der Waals surface area (Å²) in [5, 5.41) is 9.96. The van der Waals surface area contributed by atoms with Crippen LogP contribution in [-0.4, -0.2) is 36.2 Å². The predicted molar refractivity (Wildman–Crippen MR) is 118 cm³/mol. The first-order valence-corrected chi connectivity index (χ1v) is 10.6. The van der Waals surface area contributed by atoms with Gasteiger partial charge in [0.1, 0.15) is 12.4 Å². The largest absolute Gasteiger partial charge is 0.486 e. The van der Waals surface area contributed by atoms with E-state index in [1.54, 1.807) is 54.6 Å². The summed E-state index contributed by atoms with van der Waals surface area (Å²) >= 11 is 5.84. The SMILES string of the molecule is O=C(Nc1ccc(OCc2cc(C(=O)NC[C@@H]3CCCO3)no2)cc1)c1ccc(Cl)cc1. The molecule has 1 fully saturated rings. The van der Waals surface area contributed by atoms with Crippen molar-refractivity contribution in [2.75, 3.05) is 18.5 Å². The number of aromatic nitrogens is 1. The molecule has 2 N–H and O–H groups in total. The van der Waals surface area contributed by atoms with Gasteiger partial charge < -0.3 is 24.6 Å². The zero-order valence-corrected chi connectivity index (χ0v) is 17.9. The van der Waals surface area contributed by atoms with Crippen LogP contribution in [0.5, 0.6) is 5.75 Å². The van der Waals surface area contributed by atoms with Crippen molar-refractivity contribution in [3.05, 3.63) is 76.6 Å². The van der Waals surface area contributed by atoms with Gasteiger partial charge in [-0.3, -0.25) is 9.59 Å². The van der Waals surface area contributed by atoms with Crippen molar-refractivity contribution >= 4 is 29.1 Å². The van der Waals surface area contributed by atoms with Crippen LogP contribution in [0.1, 0.15) is 39.4 Å². The zero-order chi connectivity index (χ0) is 22.3. The van der Waals surface area contributed by atoms with Crippen LogP contribution in [0.3, 0.4) is 0 Å². The van der Waals surface area contributed by atoms with Gasteiger partial charge in [-0.15, -0.1) is 0 Å². The van der Waals surface area contributed by atoms with Gasteiger partial charge in [-0.05, 0) is 61.4 Å². The third kappa shape index (κ3) is 5.87. The third-order valence-electron chi connectivity index (χ3n) is 4.91. The summed E-state index contributed by atoms with van der Waals surface area (Å²) in [4.78, 5) is 24.4. The maximum absolute atomic E-state index is 12.3. The fraction of sp³-hybridized carbons (Fsp3) is 0.261. The Morgan fingerprint density at radius 3 is 2.59 bits per heavy atom. The van der Waals surface area contributed by atoms with E-state index in [1.165, 1.54) is 0 Å². The van der Waals surface area contributed by atoms with E-state index in [0.29, 0.717) is 34.3 Å². The number of halogens is 1. The fourth-order valence-electron chi connectivity index (χ4n) is 3.18. The first-order chi connectivity index (χ1) is 15.6. The highest BCUT2D eigenvalue weighted by atomic mass is 35.5. The first-order valence-electron chi connectivity index (χ1n) is 10.2. The van der Waals surface area contributed by atoms with Gasteiger partial charge in [-0.1, -0.05) is 16.8 Å². The van der Waals surface area contributed by atoms with E-state index in [2.05, 4.69) is 15.8 Å². The molecular weight excluding hydrogens is 434 g/mol. The number of hydrogen-bond donors (Lipinski definition) is 2. The van der Waals surface area contributed by atoms with E-state index in [-0.39, 0.29) is 30.2 Å². The highest BCUT2D eigenvalue weighted by molar-refractivity contribution is 6.30. The lowest BCUT2D eigenvalue weighted by Crippen LogP contribution is -2.31. The van der Waals surface area contributed by atoms with Gasteiger partial charge >= 0.3 is 0 Å². The lowest BCUT2D eigenvalue weighted by Gasteiger charge is -2.09. The monoisotopic (exact) mass is 455 g/mol. The Kier molecular flexibility index (Phi) is 7.03. The molecule has 8 nitrogen and oxygen atoms in total. The molecule has 0 radical (unpaired) electrons. The minimum absolute atomic E-state index is 0.0626. The maximum atomic E-state index is 12.3. The number of rotatable bonds is 8. The van der Waals surface area contributed by atoms with E-state index in [4.69, 9.17) is 25.6 Å². The van der Waals surface area contributed by atoms with Crippen molar-refractivity contribution in [1.82, 2.24) is 10.5 Å². The molecule has 1 aliphatic heterocycles. The molecule has 166 valence electrons. The van der Waals surface area contributed by atoms with Gasteiger partial charge in [-0.2, -0.15) is 0 Å². The molecule has 1 saturated heterocycles. The normalized spacial score (nSPS) is 15.3. The van der Waals surface area contributed by atoms with E-state index in [0.717, 1.165) is 19.4 Å². The molecule has 0 aliphatic carbocycles. The maximum Gasteiger partial charge on any atom is 0.273 e. The van der Waals surface area contributed by atoms with E-state index in [1.807, 2.05) is 0 Å². The van der Waals surface area contributed by atoms with Crippen LogP contribution in [0, 0.1) is 0 Å². The Hall–Kier alpha value is -3.36. The van der Waals surface area contributed by atoms with Crippen molar-refractivity contribution in [3.63, 3.8) is 0 Å². The van der Waals surface area contributed by atoms with Gasteiger partial charge in [0.2, 0.25) is 0 Å². The molecule has 3 aromatic rings. The Morgan fingerprint density at radius 1 is 1.09 bits per heavy atom. The fourth-order valence-corrected chi connectivity index (χ4v) is 3.31. The van der Waals surface area contributed by atoms with Crippen molar-refractivity contribution in [2.24, 2.45) is 0 Å². The van der Waals surface area contributed by atoms with Crippen LogP contribution in [0.25, 0.3) is 0 Å². The molecule has 4 rings (SSSR count). The summed E-state index contributed by atoms with van der Waals surface area (Å²) in [5.74, 6) is 0.459. The number of ether oxygens (including phenoxy) is 2. The van der Waals surface area contributed by atoms with Gasteiger partial charge in [0.25, 0.3) is 11.8 Å². The molecule has 1 atom stereocenters. The molecule has 2 heterocycles. The van der Waals surface area contributed by atoms with Gasteiger partial charge in [0.15, 0.2) is 11.5 Å². The summed E-state index contributed by atoms with van der Waals surface area (Å²) in [5.41, 5.74) is 1.33. The van der Waals surface area contributed by atoms with Gasteiger partial charge in [0.05, 0.1) is 6.10 Å². The molecule has 1 aromatic heterocycles. The topological polar surface area (TPSA) is 103 Å². The number of nitrogens with one attached hydrogen (secondary N) is 2. The van der Waals surface area contributed by atoms with E-state index < -0.39 is 0 Å². The lowest BCUT2D eigenvalue weighted by atomic mass is 10.2. The predicted octanol–water partition coefficient (Wildman–Crippen LogP) is 4.07. The third-order valence-corrected chi connectivity index (χ3v) is 5.16. The Morgan fingerprint density at radius 2 is 1.88 bits per heavy atom. The van der Waals surface area contributed by atoms with Crippen molar-refractivity contribution < 1.29 is 23.6 Å². The van der Waals surface area contributed by atoms with Crippen LogP contribution in [0.2, 0.25) is 5.02 Å². The van der Waals surface area contributed by atoms with Crippen LogP contribution >= 0.6 is 11.6 Å². The highest BCUT2D eigenvalue weighted by Gasteiger charge is 2.18. The molecule has 32 heavy (non-hydrogen) atoms. The molecule has 2 amide bonds. The number of benzene rings is 2. The van der Waals surface area contributed by atoms with E-state index >= 15 is 0 Å². The first kappa shape index (κ1) is 21.9. The average molecular weight is 456 g/mol. The number of hydrogen-bond acceptors (Lipinski definition) is 6. The van der Waals surface area contributed by atoms with Crippen LogP contribution < -0.4 is 15.4 Å². The average Bonchev–Trinajstić information content (AvgIpc) is 3.50. The quantitative estimate of drug-likeness (QED) is 0.530. The number of carbonyl (C=O) groups excluding carboxylic acids is 2. The zero-order valence-electron chi connectivity index (χ0n) is 17.2. The second-order valence-electron chi connectivity index (χ2n) is 7.30. The number of nitrogens with zero attached hydrogens (tertiary/aromatic N) is 1. The van der Waals surface area contributed by atoms with Crippen molar-refractivity contribution in [2.45, 2.75) is 25.6 Å². The van der Waals surface area contributed by atoms with Gasteiger partial charge in [-0.25, -0.2) is 0 Å². The van der Waals surface area contributed by atoms with Crippen molar-refractivity contribution in [3.8, 4) is 5.75 Å². The molecule has 0 bridgehead atoms. The number of anilines is 1. The van der Waals surface area contributed by atoms with E-state index in [9.17, 15) is 9.59 Å². The highest BCUT2D eigenvalue weighted by Crippen LogP contribution is 2.19. The summed E-state index contributed by atoms with van der Waals surface area (Å²) in [7, 11) is 0. The summed E-state index contributed by atoms with van der Waals surface area (Å²) in [6.07, 6.45) is 2.02. The second kappa shape index (κ2) is 10.3. The summed E-state index contributed by atoms with van der Waals surface area (Å²) in [6, 6.07) is 15.1. The Balaban J connectivity index is 1.25. The molecule has 0 spiro atoms. The minimum Gasteiger partial charge on any atom is -0.486 e. The summed E-state index contributed by atoms with van der Waals surface area (Å²) in [6.45, 7) is 1.31. The number of amides is 2. The molecule has 2 aromatic carbocycles.